The SMILES string of the molecule is CCc1c(C(=O)N2CCOc3ccc(-c4ccc(-c5cncn5C)cc4)cc3C2)ccc(S(C)(=O)=O)c1F. The average molecular weight is 534 g/mol. The van der Waals surface area contributed by atoms with Crippen molar-refractivity contribution in [3.8, 4) is 28.1 Å². The largest absolute Gasteiger partial charge is 0.491 e. The maximum absolute atomic E-state index is 15.1. The molecule has 0 spiro atoms. The highest BCUT2D eigenvalue weighted by molar-refractivity contribution is 7.90. The van der Waals surface area contributed by atoms with E-state index in [4.69, 9.17) is 4.74 Å². The summed E-state index contributed by atoms with van der Waals surface area (Å²) in [6.45, 7) is 2.60. The summed E-state index contributed by atoms with van der Waals surface area (Å²) in [5.41, 5.74) is 5.20. The van der Waals surface area contributed by atoms with Crippen LogP contribution in [0.1, 0.15) is 28.4 Å². The number of imidazole rings is 1. The lowest BCUT2D eigenvalue weighted by Crippen LogP contribution is -2.33. The molecule has 0 saturated carbocycles. The Morgan fingerprint density at radius 3 is 2.42 bits per heavy atom. The second-order valence-electron chi connectivity index (χ2n) is 9.39. The lowest BCUT2D eigenvalue weighted by Gasteiger charge is -2.22. The topological polar surface area (TPSA) is 81.5 Å². The van der Waals surface area contributed by atoms with E-state index >= 15 is 4.39 Å². The summed E-state index contributed by atoms with van der Waals surface area (Å²) in [5, 5.41) is 0. The zero-order chi connectivity index (χ0) is 27.0. The van der Waals surface area contributed by atoms with Gasteiger partial charge < -0.3 is 14.2 Å². The Hall–Kier alpha value is -3.98. The van der Waals surface area contributed by atoms with Crippen LogP contribution in [0.3, 0.4) is 0 Å². The summed E-state index contributed by atoms with van der Waals surface area (Å²) in [7, 11) is -1.80. The molecule has 0 fully saturated rings. The first-order valence-electron chi connectivity index (χ1n) is 12.3. The van der Waals surface area contributed by atoms with Gasteiger partial charge in [-0.05, 0) is 47.4 Å². The van der Waals surface area contributed by atoms with Gasteiger partial charge in [-0.1, -0.05) is 37.3 Å². The van der Waals surface area contributed by atoms with Crippen LogP contribution in [0.2, 0.25) is 0 Å². The molecule has 196 valence electrons. The van der Waals surface area contributed by atoms with Crippen LogP contribution >= 0.6 is 0 Å². The van der Waals surface area contributed by atoms with Crippen LogP contribution in [0.25, 0.3) is 22.4 Å². The summed E-state index contributed by atoms with van der Waals surface area (Å²) in [6.07, 6.45) is 4.74. The van der Waals surface area contributed by atoms with Gasteiger partial charge >= 0.3 is 0 Å². The molecule has 0 atom stereocenters. The monoisotopic (exact) mass is 533 g/mol. The van der Waals surface area contributed by atoms with Crippen molar-refractivity contribution in [2.24, 2.45) is 7.05 Å². The highest BCUT2D eigenvalue weighted by Gasteiger charge is 2.27. The second kappa shape index (κ2) is 10.1. The number of nitrogens with zero attached hydrogens (tertiary/aromatic N) is 3. The highest BCUT2D eigenvalue weighted by atomic mass is 32.2. The van der Waals surface area contributed by atoms with E-state index in [2.05, 4.69) is 4.98 Å². The van der Waals surface area contributed by atoms with Crippen molar-refractivity contribution in [1.29, 1.82) is 0 Å². The molecule has 1 aliphatic rings. The number of halogens is 1. The summed E-state index contributed by atoms with van der Waals surface area (Å²) in [6, 6.07) is 16.7. The number of ether oxygens (including phenoxy) is 1. The quantitative estimate of drug-likeness (QED) is 0.365. The average Bonchev–Trinajstić information content (AvgIpc) is 3.21. The van der Waals surface area contributed by atoms with E-state index in [-0.39, 0.29) is 30.0 Å². The van der Waals surface area contributed by atoms with E-state index in [1.54, 1.807) is 18.2 Å². The first kappa shape index (κ1) is 25.7. The minimum atomic E-state index is -3.75. The molecule has 3 aromatic carbocycles. The van der Waals surface area contributed by atoms with Gasteiger partial charge in [-0.15, -0.1) is 0 Å². The van der Waals surface area contributed by atoms with Gasteiger partial charge in [-0.2, -0.15) is 0 Å². The molecule has 0 aliphatic carbocycles. The molecule has 5 rings (SSSR count). The van der Waals surface area contributed by atoms with E-state index in [9.17, 15) is 13.2 Å². The Kier molecular flexibility index (Phi) is 6.79. The third kappa shape index (κ3) is 4.81. The van der Waals surface area contributed by atoms with Gasteiger partial charge in [0, 0.05) is 36.5 Å². The summed E-state index contributed by atoms with van der Waals surface area (Å²) in [4.78, 5) is 18.9. The number of carbonyl (C=O) groups excluding carboxylic acids is 1. The van der Waals surface area contributed by atoms with Gasteiger partial charge in [-0.3, -0.25) is 4.79 Å². The molecule has 2 heterocycles. The number of amides is 1. The summed E-state index contributed by atoms with van der Waals surface area (Å²) in [5.74, 6) is -0.516. The molecule has 1 aliphatic heterocycles. The maximum Gasteiger partial charge on any atom is 0.254 e. The number of carbonyl (C=O) groups is 1. The van der Waals surface area contributed by atoms with Crippen LogP contribution in [0.5, 0.6) is 5.75 Å². The molecule has 1 aromatic heterocycles. The van der Waals surface area contributed by atoms with Gasteiger partial charge in [0.1, 0.15) is 23.1 Å². The van der Waals surface area contributed by atoms with E-state index in [0.29, 0.717) is 18.9 Å². The second-order valence-corrected chi connectivity index (χ2v) is 11.4. The molecule has 38 heavy (non-hydrogen) atoms. The zero-order valence-electron chi connectivity index (χ0n) is 21.4. The Bertz CT molecular complexity index is 1630. The fourth-order valence-corrected chi connectivity index (χ4v) is 5.58. The Labute approximate surface area is 221 Å². The number of benzene rings is 3. The van der Waals surface area contributed by atoms with Gasteiger partial charge in [0.15, 0.2) is 9.84 Å². The Morgan fingerprint density at radius 2 is 1.76 bits per heavy atom. The molecule has 7 nitrogen and oxygen atoms in total. The minimum absolute atomic E-state index is 0.102. The third-order valence-electron chi connectivity index (χ3n) is 6.85. The molecule has 0 N–H and O–H groups in total. The lowest BCUT2D eigenvalue weighted by atomic mass is 10.00. The molecule has 0 bridgehead atoms. The van der Waals surface area contributed by atoms with Crippen molar-refractivity contribution in [3.63, 3.8) is 0 Å². The predicted octanol–water partition coefficient (Wildman–Crippen LogP) is 4.89. The molecule has 1 amide bonds. The summed E-state index contributed by atoms with van der Waals surface area (Å²) < 4.78 is 46.9. The number of hydrogen-bond acceptors (Lipinski definition) is 5. The normalized spacial score (nSPS) is 13.5. The van der Waals surface area contributed by atoms with Crippen LogP contribution in [-0.2, 0) is 29.9 Å². The van der Waals surface area contributed by atoms with E-state index in [1.165, 1.54) is 12.1 Å². The van der Waals surface area contributed by atoms with Crippen LogP contribution in [0.15, 0.2) is 72.0 Å². The van der Waals surface area contributed by atoms with Gasteiger partial charge in [0.2, 0.25) is 0 Å². The first-order chi connectivity index (χ1) is 18.2. The van der Waals surface area contributed by atoms with Gasteiger partial charge in [0.25, 0.3) is 5.91 Å². The van der Waals surface area contributed by atoms with E-state index < -0.39 is 20.5 Å². The predicted molar refractivity (Wildman–Crippen MR) is 143 cm³/mol. The van der Waals surface area contributed by atoms with Gasteiger partial charge in [-0.25, -0.2) is 17.8 Å². The van der Waals surface area contributed by atoms with E-state index in [1.807, 2.05) is 60.3 Å². The van der Waals surface area contributed by atoms with Crippen molar-refractivity contribution in [2.45, 2.75) is 24.8 Å². The standard InChI is InChI=1S/C29H28FN3O4S/c1-4-23-24(10-12-27(28(23)30)38(3,35)36)29(34)33-13-14-37-26-11-9-21(15-22(26)17-33)19-5-7-20(8-6-19)25-16-31-18-32(25)2/h5-12,15-16,18H,4,13-14,17H2,1-3H3. The Morgan fingerprint density at radius 1 is 1.05 bits per heavy atom. The van der Waals surface area contributed by atoms with Gasteiger partial charge in [0.05, 0.1) is 24.8 Å². The third-order valence-corrected chi connectivity index (χ3v) is 7.96. The smallest absolute Gasteiger partial charge is 0.254 e. The number of fused-ring (bicyclic) bond motifs is 1. The Balaban J connectivity index is 1.44. The van der Waals surface area contributed by atoms with Crippen molar-refractivity contribution in [1.82, 2.24) is 14.5 Å². The van der Waals surface area contributed by atoms with Crippen LogP contribution in [0.4, 0.5) is 4.39 Å². The fourth-order valence-electron chi connectivity index (χ4n) is 4.82. The molecule has 4 aromatic rings. The molecule has 0 unspecified atom stereocenters. The van der Waals surface area contributed by atoms with Crippen molar-refractivity contribution in [3.05, 3.63) is 89.6 Å². The number of rotatable bonds is 5. The highest BCUT2D eigenvalue weighted by Crippen LogP contribution is 2.32. The summed E-state index contributed by atoms with van der Waals surface area (Å²) >= 11 is 0. The lowest BCUT2D eigenvalue weighted by molar-refractivity contribution is 0.0731. The van der Waals surface area contributed by atoms with Crippen LogP contribution in [0, 0.1) is 5.82 Å². The minimum Gasteiger partial charge on any atom is -0.491 e. The maximum atomic E-state index is 15.1. The first-order valence-corrected chi connectivity index (χ1v) is 14.2. The molecule has 0 saturated heterocycles. The van der Waals surface area contributed by atoms with Crippen LogP contribution < -0.4 is 4.74 Å². The fraction of sp³-hybridized carbons (Fsp3) is 0.241. The molecule has 9 heteroatoms. The van der Waals surface area contributed by atoms with Crippen molar-refractivity contribution in [2.75, 3.05) is 19.4 Å². The van der Waals surface area contributed by atoms with Crippen molar-refractivity contribution < 1.29 is 22.3 Å². The number of aromatic nitrogens is 2. The van der Waals surface area contributed by atoms with E-state index in [0.717, 1.165) is 34.2 Å². The van der Waals surface area contributed by atoms with Crippen LogP contribution in [-0.4, -0.2) is 48.2 Å². The number of aryl methyl sites for hydroxylation is 1. The van der Waals surface area contributed by atoms with Crippen molar-refractivity contribution >= 4 is 15.7 Å². The number of hydrogen-bond donors (Lipinski definition) is 0. The zero-order valence-corrected chi connectivity index (χ0v) is 22.3. The number of sulfone groups is 1. The molecular formula is C29H28FN3O4S. The molecular weight excluding hydrogens is 505 g/mol. The molecule has 0 radical (unpaired) electrons.